The summed E-state index contributed by atoms with van der Waals surface area (Å²) >= 11 is 1.27. The molecule has 1 aliphatic heterocycles. The molecular weight excluding hydrogens is 468 g/mol. The number of nitrogens with zero attached hydrogens (tertiary/aromatic N) is 5. The SMILES string of the molecule is COc1ccccc1OCCCn1cccc1/C=C(/C#N)C(=O)Nc1nnc(N2CCOCC2)s1. The summed E-state index contributed by atoms with van der Waals surface area (Å²) in [6.45, 7) is 3.88. The number of methoxy groups -OCH3 is 1. The number of carbonyl (C=O) groups is 1. The summed E-state index contributed by atoms with van der Waals surface area (Å²) in [4.78, 5) is 14.8. The van der Waals surface area contributed by atoms with E-state index < -0.39 is 5.91 Å². The Balaban J connectivity index is 1.33. The van der Waals surface area contributed by atoms with Gasteiger partial charge in [-0.2, -0.15) is 5.26 Å². The first-order valence-corrected chi connectivity index (χ1v) is 12.0. The van der Waals surface area contributed by atoms with E-state index in [2.05, 4.69) is 20.4 Å². The highest BCUT2D eigenvalue weighted by atomic mass is 32.1. The summed E-state index contributed by atoms with van der Waals surface area (Å²) in [7, 11) is 1.61. The number of nitrogens with one attached hydrogen (secondary N) is 1. The molecule has 1 N–H and O–H groups in total. The minimum atomic E-state index is -0.524. The van der Waals surface area contributed by atoms with E-state index >= 15 is 0 Å². The minimum Gasteiger partial charge on any atom is -0.493 e. The van der Waals surface area contributed by atoms with E-state index in [9.17, 15) is 10.1 Å². The van der Waals surface area contributed by atoms with Crippen molar-refractivity contribution >= 4 is 33.6 Å². The maximum atomic E-state index is 12.7. The number of anilines is 2. The second-order valence-corrected chi connectivity index (χ2v) is 8.55. The molecule has 0 unspecified atom stereocenters. The molecular formula is C24H26N6O4S. The van der Waals surface area contributed by atoms with Gasteiger partial charge in [-0.1, -0.05) is 23.5 Å². The monoisotopic (exact) mass is 494 g/mol. The van der Waals surface area contributed by atoms with Gasteiger partial charge in [-0.05, 0) is 36.8 Å². The van der Waals surface area contributed by atoms with E-state index in [-0.39, 0.29) is 5.57 Å². The van der Waals surface area contributed by atoms with E-state index in [1.807, 2.05) is 53.2 Å². The predicted octanol–water partition coefficient (Wildman–Crippen LogP) is 3.20. The van der Waals surface area contributed by atoms with Gasteiger partial charge in [0.05, 0.1) is 26.9 Å². The molecule has 1 saturated heterocycles. The molecule has 3 heterocycles. The van der Waals surface area contributed by atoms with Crippen molar-refractivity contribution in [2.75, 3.05) is 50.2 Å². The molecule has 0 bridgehead atoms. The molecule has 0 saturated carbocycles. The minimum absolute atomic E-state index is 0.0154. The maximum absolute atomic E-state index is 12.7. The van der Waals surface area contributed by atoms with Gasteiger partial charge in [0.2, 0.25) is 10.3 Å². The zero-order chi connectivity index (χ0) is 24.5. The lowest BCUT2D eigenvalue weighted by Crippen LogP contribution is -2.36. The second-order valence-electron chi connectivity index (χ2n) is 7.59. The Morgan fingerprint density at radius 1 is 1.23 bits per heavy atom. The van der Waals surface area contributed by atoms with Crippen molar-refractivity contribution in [3.63, 3.8) is 0 Å². The highest BCUT2D eigenvalue weighted by Crippen LogP contribution is 2.26. The van der Waals surface area contributed by atoms with Gasteiger partial charge >= 0.3 is 0 Å². The number of carbonyl (C=O) groups excluding carboxylic acids is 1. The zero-order valence-corrected chi connectivity index (χ0v) is 20.2. The fraction of sp³-hybridized carbons (Fsp3) is 0.333. The molecule has 1 aliphatic rings. The lowest BCUT2D eigenvalue weighted by molar-refractivity contribution is -0.112. The van der Waals surface area contributed by atoms with Crippen LogP contribution in [-0.2, 0) is 16.1 Å². The fourth-order valence-electron chi connectivity index (χ4n) is 3.53. The van der Waals surface area contributed by atoms with E-state index in [1.165, 1.54) is 11.3 Å². The highest BCUT2D eigenvalue weighted by Gasteiger charge is 2.18. The van der Waals surface area contributed by atoms with E-state index in [0.717, 1.165) is 30.3 Å². The third-order valence-corrected chi connectivity index (χ3v) is 6.21. The molecule has 1 amide bonds. The van der Waals surface area contributed by atoms with Crippen molar-refractivity contribution in [1.82, 2.24) is 14.8 Å². The number of nitriles is 1. The topological polar surface area (TPSA) is 115 Å². The van der Waals surface area contributed by atoms with Crippen molar-refractivity contribution < 1.29 is 19.0 Å². The molecule has 0 spiro atoms. The lowest BCUT2D eigenvalue weighted by Gasteiger charge is -2.25. The van der Waals surface area contributed by atoms with Gasteiger partial charge in [0.15, 0.2) is 11.5 Å². The van der Waals surface area contributed by atoms with Crippen LogP contribution in [0.25, 0.3) is 6.08 Å². The Kier molecular flexibility index (Phi) is 8.32. The summed E-state index contributed by atoms with van der Waals surface area (Å²) in [5.41, 5.74) is 0.735. The van der Waals surface area contributed by atoms with Crippen LogP contribution in [0.1, 0.15) is 12.1 Å². The number of para-hydroxylation sites is 2. The largest absolute Gasteiger partial charge is 0.493 e. The van der Waals surface area contributed by atoms with E-state index in [0.29, 0.717) is 43.0 Å². The summed E-state index contributed by atoms with van der Waals surface area (Å²) in [6.07, 6.45) is 4.21. The van der Waals surface area contributed by atoms with Crippen LogP contribution in [0.3, 0.4) is 0 Å². The predicted molar refractivity (Wildman–Crippen MR) is 133 cm³/mol. The van der Waals surface area contributed by atoms with Crippen molar-refractivity contribution in [2.45, 2.75) is 13.0 Å². The van der Waals surface area contributed by atoms with Crippen molar-refractivity contribution in [3.05, 3.63) is 53.9 Å². The molecule has 182 valence electrons. The molecule has 0 radical (unpaired) electrons. The first-order valence-electron chi connectivity index (χ1n) is 11.2. The number of aryl methyl sites for hydroxylation is 1. The van der Waals surface area contributed by atoms with Gasteiger partial charge < -0.3 is 23.7 Å². The van der Waals surface area contributed by atoms with Crippen molar-refractivity contribution in [3.8, 4) is 17.6 Å². The summed E-state index contributed by atoms with van der Waals surface area (Å²) in [6, 6.07) is 13.2. The molecule has 35 heavy (non-hydrogen) atoms. The first-order chi connectivity index (χ1) is 17.2. The molecule has 2 aromatic heterocycles. The quantitative estimate of drug-likeness (QED) is 0.260. The van der Waals surface area contributed by atoms with Crippen molar-refractivity contribution in [2.24, 2.45) is 0 Å². The van der Waals surface area contributed by atoms with E-state index in [4.69, 9.17) is 14.2 Å². The molecule has 4 rings (SSSR count). The molecule has 10 nitrogen and oxygen atoms in total. The van der Waals surface area contributed by atoms with Crippen LogP contribution >= 0.6 is 11.3 Å². The third kappa shape index (κ3) is 6.38. The standard InChI is InChI=1S/C24H26N6O4S/c1-32-20-7-2-3-8-21(20)34-13-5-10-29-9-4-6-19(29)16-18(17-25)22(31)26-23-27-28-24(35-23)30-11-14-33-15-12-30/h2-4,6-9,16H,5,10-15H2,1H3,(H,26,27,31)/b18-16-. The smallest absolute Gasteiger partial charge is 0.268 e. The Morgan fingerprint density at radius 2 is 2.03 bits per heavy atom. The zero-order valence-electron chi connectivity index (χ0n) is 19.3. The van der Waals surface area contributed by atoms with Gasteiger partial charge in [0, 0.05) is 31.5 Å². The number of aromatic nitrogens is 3. The van der Waals surface area contributed by atoms with Gasteiger partial charge in [-0.3, -0.25) is 10.1 Å². The van der Waals surface area contributed by atoms with Crippen LogP contribution in [0.15, 0.2) is 48.2 Å². The maximum Gasteiger partial charge on any atom is 0.268 e. The number of ether oxygens (including phenoxy) is 3. The molecule has 1 fully saturated rings. The van der Waals surface area contributed by atoms with Crippen LogP contribution in [0.4, 0.5) is 10.3 Å². The van der Waals surface area contributed by atoms with Crippen LogP contribution in [0.5, 0.6) is 11.5 Å². The molecule has 0 aliphatic carbocycles. The van der Waals surface area contributed by atoms with Gasteiger partial charge in [-0.25, -0.2) is 0 Å². The van der Waals surface area contributed by atoms with Gasteiger partial charge in [0.25, 0.3) is 5.91 Å². The second kappa shape index (κ2) is 12.0. The number of amides is 1. The summed E-state index contributed by atoms with van der Waals surface area (Å²) < 4.78 is 18.4. The number of benzene rings is 1. The Bertz CT molecular complexity index is 1210. The van der Waals surface area contributed by atoms with Crippen LogP contribution < -0.4 is 19.7 Å². The molecule has 3 aromatic rings. The number of hydrogen-bond donors (Lipinski definition) is 1. The average Bonchev–Trinajstić information content (AvgIpc) is 3.55. The molecule has 1 aromatic carbocycles. The lowest BCUT2D eigenvalue weighted by atomic mass is 10.2. The average molecular weight is 495 g/mol. The number of rotatable bonds is 10. The summed E-state index contributed by atoms with van der Waals surface area (Å²) in [5, 5.41) is 21.5. The molecule has 11 heteroatoms. The Labute approximate surface area is 207 Å². The number of morpholine rings is 1. The fourth-order valence-corrected chi connectivity index (χ4v) is 4.32. The van der Waals surface area contributed by atoms with Gasteiger partial charge in [0.1, 0.15) is 11.6 Å². The summed E-state index contributed by atoms with van der Waals surface area (Å²) in [5.74, 6) is 0.859. The first kappa shape index (κ1) is 24.3. The number of hydrogen-bond acceptors (Lipinski definition) is 9. The highest BCUT2D eigenvalue weighted by molar-refractivity contribution is 7.19. The van der Waals surface area contributed by atoms with E-state index in [1.54, 1.807) is 13.2 Å². The van der Waals surface area contributed by atoms with Gasteiger partial charge in [-0.15, -0.1) is 10.2 Å². The molecule has 0 atom stereocenters. The Hall–Kier alpha value is -3.88. The van der Waals surface area contributed by atoms with Crippen LogP contribution in [0, 0.1) is 11.3 Å². The third-order valence-electron chi connectivity index (χ3n) is 5.31. The Morgan fingerprint density at radius 3 is 2.80 bits per heavy atom. The van der Waals surface area contributed by atoms with Crippen LogP contribution in [-0.4, -0.2) is 60.7 Å². The van der Waals surface area contributed by atoms with Crippen molar-refractivity contribution in [1.29, 1.82) is 5.26 Å². The van der Waals surface area contributed by atoms with Crippen LogP contribution in [0.2, 0.25) is 0 Å². The normalized spacial score (nSPS) is 13.8.